The number of aromatic amines is 1. The van der Waals surface area contributed by atoms with Crippen molar-refractivity contribution in [1.29, 1.82) is 0 Å². The van der Waals surface area contributed by atoms with Gasteiger partial charge < -0.3 is 10.3 Å². The second kappa shape index (κ2) is 5.66. The van der Waals surface area contributed by atoms with Crippen LogP contribution in [0.2, 0.25) is 5.02 Å². The highest BCUT2D eigenvalue weighted by molar-refractivity contribution is 6.31. The van der Waals surface area contributed by atoms with Crippen molar-refractivity contribution in [3.05, 3.63) is 75.0 Å². The highest BCUT2D eigenvalue weighted by Crippen LogP contribution is 2.16. The first-order valence-corrected chi connectivity index (χ1v) is 7.11. The fourth-order valence-electron chi connectivity index (χ4n) is 2.19. The SMILES string of the molecule is Cc1ccc(NC(=O)c2c[nH]c3ccc(Cl)cc3c2=O)cc1. The summed E-state index contributed by atoms with van der Waals surface area (Å²) in [4.78, 5) is 27.7. The molecule has 1 aromatic heterocycles. The lowest BCUT2D eigenvalue weighted by Crippen LogP contribution is -2.21. The van der Waals surface area contributed by atoms with E-state index in [9.17, 15) is 9.59 Å². The topological polar surface area (TPSA) is 62.0 Å². The van der Waals surface area contributed by atoms with E-state index < -0.39 is 5.91 Å². The number of aromatic nitrogens is 1. The van der Waals surface area contributed by atoms with E-state index >= 15 is 0 Å². The molecule has 2 N–H and O–H groups in total. The number of hydrogen-bond donors (Lipinski definition) is 2. The van der Waals surface area contributed by atoms with Gasteiger partial charge in [0, 0.05) is 27.8 Å². The van der Waals surface area contributed by atoms with Crippen LogP contribution in [-0.2, 0) is 0 Å². The molecule has 0 fully saturated rings. The van der Waals surface area contributed by atoms with Gasteiger partial charge in [-0.3, -0.25) is 9.59 Å². The van der Waals surface area contributed by atoms with Crippen molar-refractivity contribution in [3.8, 4) is 0 Å². The lowest BCUT2D eigenvalue weighted by atomic mass is 10.1. The third-order valence-electron chi connectivity index (χ3n) is 3.40. The number of hydrogen-bond acceptors (Lipinski definition) is 2. The molecule has 22 heavy (non-hydrogen) atoms. The first kappa shape index (κ1) is 14.4. The first-order valence-electron chi connectivity index (χ1n) is 6.73. The average Bonchev–Trinajstić information content (AvgIpc) is 2.50. The molecule has 0 bridgehead atoms. The summed E-state index contributed by atoms with van der Waals surface area (Å²) in [5.41, 5.74) is 2.08. The van der Waals surface area contributed by atoms with Gasteiger partial charge in [0.15, 0.2) is 0 Å². The molecule has 0 spiro atoms. The summed E-state index contributed by atoms with van der Waals surface area (Å²) in [5, 5.41) is 3.56. The van der Waals surface area contributed by atoms with E-state index in [1.807, 2.05) is 19.1 Å². The van der Waals surface area contributed by atoms with Crippen molar-refractivity contribution >= 4 is 34.1 Å². The van der Waals surface area contributed by atoms with E-state index in [0.717, 1.165) is 5.56 Å². The summed E-state index contributed by atoms with van der Waals surface area (Å²) in [6.45, 7) is 1.96. The Morgan fingerprint density at radius 2 is 1.86 bits per heavy atom. The van der Waals surface area contributed by atoms with Gasteiger partial charge in [-0.2, -0.15) is 0 Å². The van der Waals surface area contributed by atoms with Gasteiger partial charge in [-0.25, -0.2) is 0 Å². The van der Waals surface area contributed by atoms with Gasteiger partial charge in [0.1, 0.15) is 5.56 Å². The number of benzene rings is 2. The number of carbonyl (C=O) groups excluding carboxylic acids is 1. The Labute approximate surface area is 131 Å². The number of carbonyl (C=O) groups is 1. The molecule has 4 nitrogen and oxygen atoms in total. The molecule has 0 saturated carbocycles. The standard InChI is InChI=1S/C17H13ClN2O2/c1-10-2-5-12(6-3-10)20-17(22)14-9-19-15-7-4-11(18)8-13(15)16(14)21/h2-9H,1H3,(H,19,21)(H,20,22). The van der Waals surface area contributed by atoms with Crippen LogP contribution in [0, 0.1) is 6.92 Å². The molecule has 1 heterocycles. The molecule has 1 amide bonds. The van der Waals surface area contributed by atoms with E-state index in [0.29, 0.717) is 21.6 Å². The molecule has 0 atom stereocenters. The lowest BCUT2D eigenvalue weighted by molar-refractivity contribution is 0.102. The van der Waals surface area contributed by atoms with Crippen LogP contribution in [0.5, 0.6) is 0 Å². The summed E-state index contributed by atoms with van der Waals surface area (Å²) in [7, 11) is 0. The average molecular weight is 313 g/mol. The molecular formula is C17H13ClN2O2. The predicted molar refractivity (Wildman–Crippen MR) is 88.7 cm³/mol. The predicted octanol–water partition coefficient (Wildman–Crippen LogP) is 3.74. The normalized spacial score (nSPS) is 10.6. The number of anilines is 1. The Morgan fingerprint density at radius 3 is 2.59 bits per heavy atom. The fourth-order valence-corrected chi connectivity index (χ4v) is 2.37. The number of amides is 1. The maximum absolute atomic E-state index is 12.4. The van der Waals surface area contributed by atoms with Gasteiger partial charge in [-0.05, 0) is 37.3 Å². The van der Waals surface area contributed by atoms with Crippen molar-refractivity contribution < 1.29 is 4.79 Å². The minimum atomic E-state index is -0.452. The second-order valence-electron chi connectivity index (χ2n) is 5.04. The summed E-state index contributed by atoms with van der Waals surface area (Å²) in [5.74, 6) is -0.452. The van der Waals surface area contributed by atoms with Crippen LogP contribution in [0.4, 0.5) is 5.69 Å². The number of fused-ring (bicyclic) bond motifs is 1. The molecule has 0 aliphatic heterocycles. The van der Waals surface area contributed by atoms with Crippen LogP contribution < -0.4 is 10.7 Å². The number of halogens is 1. The highest BCUT2D eigenvalue weighted by Gasteiger charge is 2.13. The Morgan fingerprint density at radius 1 is 1.14 bits per heavy atom. The van der Waals surface area contributed by atoms with Gasteiger partial charge in [-0.1, -0.05) is 29.3 Å². The van der Waals surface area contributed by atoms with Crippen molar-refractivity contribution in [1.82, 2.24) is 4.98 Å². The van der Waals surface area contributed by atoms with E-state index in [-0.39, 0.29) is 11.0 Å². The van der Waals surface area contributed by atoms with Crippen LogP contribution in [0.25, 0.3) is 10.9 Å². The first-order chi connectivity index (χ1) is 10.5. The molecular weight excluding hydrogens is 300 g/mol. The maximum atomic E-state index is 12.4. The van der Waals surface area contributed by atoms with Crippen LogP contribution >= 0.6 is 11.6 Å². The Bertz CT molecular complexity index is 914. The Balaban J connectivity index is 1.99. The third-order valence-corrected chi connectivity index (χ3v) is 3.63. The number of H-pyrrole nitrogens is 1. The quantitative estimate of drug-likeness (QED) is 0.757. The maximum Gasteiger partial charge on any atom is 0.261 e. The van der Waals surface area contributed by atoms with Crippen LogP contribution in [0.3, 0.4) is 0 Å². The molecule has 3 aromatic rings. The number of pyridine rings is 1. The van der Waals surface area contributed by atoms with Gasteiger partial charge >= 0.3 is 0 Å². The summed E-state index contributed by atoms with van der Waals surface area (Å²) < 4.78 is 0. The summed E-state index contributed by atoms with van der Waals surface area (Å²) in [6, 6.07) is 12.3. The zero-order chi connectivity index (χ0) is 15.7. The second-order valence-corrected chi connectivity index (χ2v) is 5.48. The van der Waals surface area contributed by atoms with Gasteiger partial charge in [0.25, 0.3) is 5.91 Å². The molecule has 5 heteroatoms. The van der Waals surface area contributed by atoms with Crippen molar-refractivity contribution in [2.45, 2.75) is 6.92 Å². The van der Waals surface area contributed by atoms with Gasteiger partial charge in [0.2, 0.25) is 5.43 Å². The number of aryl methyl sites for hydroxylation is 1. The summed E-state index contributed by atoms with van der Waals surface area (Å²) >= 11 is 5.91. The molecule has 0 aliphatic rings. The van der Waals surface area contributed by atoms with Crippen LogP contribution in [0.15, 0.2) is 53.5 Å². The molecule has 3 rings (SSSR count). The largest absolute Gasteiger partial charge is 0.360 e. The summed E-state index contributed by atoms with van der Waals surface area (Å²) in [6.07, 6.45) is 1.42. The van der Waals surface area contributed by atoms with Gasteiger partial charge in [0.05, 0.1) is 0 Å². The van der Waals surface area contributed by atoms with E-state index in [1.54, 1.807) is 30.3 Å². The molecule has 110 valence electrons. The Hall–Kier alpha value is -2.59. The number of nitrogens with one attached hydrogen (secondary N) is 2. The minimum absolute atomic E-state index is 0.0512. The molecule has 0 radical (unpaired) electrons. The molecule has 0 saturated heterocycles. The van der Waals surface area contributed by atoms with Crippen LogP contribution in [0.1, 0.15) is 15.9 Å². The van der Waals surface area contributed by atoms with Crippen molar-refractivity contribution in [3.63, 3.8) is 0 Å². The monoisotopic (exact) mass is 312 g/mol. The van der Waals surface area contributed by atoms with Gasteiger partial charge in [-0.15, -0.1) is 0 Å². The smallest absolute Gasteiger partial charge is 0.261 e. The molecule has 0 aliphatic carbocycles. The fraction of sp³-hybridized carbons (Fsp3) is 0.0588. The third kappa shape index (κ3) is 2.73. The van der Waals surface area contributed by atoms with Crippen molar-refractivity contribution in [2.24, 2.45) is 0 Å². The highest BCUT2D eigenvalue weighted by atomic mass is 35.5. The van der Waals surface area contributed by atoms with Crippen molar-refractivity contribution in [2.75, 3.05) is 5.32 Å². The number of rotatable bonds is 2. The zero-order valence-electron chi connectivity index (χ0n) is 11.8. The van der Waals surface area contributed by atoms with Crippen LogP contribution in [-0.4, -0.2) is 10.9 Å². The van der Waals surface area contributed by atoms with E-state index in [2.05, 4.69) is 10.3 Å². The lowest BCUT2D eigenvalue weighted by Gasteiger charge is -2.06. The molecule has 2 aromatic carbocycles. The zero-order valence-corrected chi connectivity index (χ0v) is 12.6. The Kier molecular flexibility index (Phi) is 3.69. The van der Waals surface area contributed by atoms with E-state index in [1.165, 1.54) is 6.20 Å². The minimum Gasteiger partial charge on any atom is -0.360 e. The molecule has 0 unspecified atom stereocenters. The van der Waals surface area contributed by atoms with E-state index in [4.69, 9.17) is 11.6 Å².